The quantitative estimate of drug-likeness (QED) is 0.529. The molecule has 0 N–H and O–H groups in total. The first kappa shape index (κ1) is 18.4. The minimum Gasteiger partial charge on any atom is -0.358 e. The summed E-state index contributed by atoms with van der Waals surface area (Å²) in [6, 6.07) is 0. The maximum Gasteiger partial charge on any atom is 0.408 e. The van der Waals surface area contributed by atoms with Crippen molar-refractivity contribution in [2.24, 2.45) is 0 Å². The predicted octanol–water partition coefficient (Wildman–Crippen LogP) is 2.39. The Bertz CT molecular complexity index is 787. The van der Waals surface area contributed by atoms with Crippen LogP contribution < -0.4 is 0 Å². The van der Waals surface area contributed by atoms with Gasteiger partial charge in [-0.2, -0.15) is 9.78 Å². The molecule has 0 aliphatic carbocycles. The standard InChI is InChI=1S/C13H16BrClN6O3/c1-4-19-5-9(14)10(16-19)6-18(3)11(22)7-20-8(2)12(15)13(17-20)21(23)24/h5H,4,6-7H2,1-3H3. The predicted molar refractivity (Wildman–Crippen MR) is 90.7 cm³/mol. The van der Waals surface area contributed by atoms with Crippen molar-refractivity contribution in [1.82, 2.24) is 24.5 Å². The Morgan fingerprint density at radius 1 is 1.50 bits per heavy atom. The zero-order valence-corrected chi connectivity index (χ0v) is 15.7. The van der Waals surface area contributed by atoms with Gasteiger partial charge in [0.15, 0.2) is 5.02 Å². The molecule has 0 unspecified atom stereocenters. The highest BCUT2D eigenvalue weighted by atomic mass is 79.9. The number of nitro groups is 1. The molecule has 11 heteroatoms. The maximum atomic E-state index is 12.3. The molecule has 0 spiro atoms. The molecule has 2 aromatic heterocycles. The third kappa shape index (κ3) is 3.75. The summed E-state index contributed by atoms with van der Waals surface area (Å²) < 4.78 is 3.82. The second kappa shape index (κ2) is 7.31. The third-order valence-electron chi connectivity index (χ3n) is 3.50. The molecular weight excluding hydrogens is 404 g/mol. The van der Waals surface area contributed by atoms with E-state index in [9.17, 15) is 14.9 Å². The van der Waals surface area contributed by atoms with Gasteiger partial charge in [-0.15, -0.1) is 0 Å². The Hall–Kier alpha value is -1.94. The van der Waals surface area contributed by atoms with E-state index in [1.807, 2.05) is 13.1 Å². The first-order valence-corrected chi connectivity index (χ1v) is 8.24. The lowest BCUT2D eigenvalue weighted by atomic mass is 10.4. The highest BCUT2D eigenvalue weighted by Gasteiger charge is 2.26. The van der Waals surface area contributed by atoms with Gasteiger partial charge in [0.25, 0.3) is 0 Å². The summed E-state index contributed by atoms with van der Waals surface area (Å²) in [7, 11) is 1.63. The second-order valence-corrected chi connectivity index (χ2v) is 6.40. The van der Waals surface area contributed by atoms with Crippen LogP contribution in [0, 0.1) is 17.0 Å². The van der Waals surface area contributed by atoms with Gasteiger partial charge in [0.2, 0.25) is 5.91 Å². The third-order valence-corrected chi connectivity index (χ3v) is 4.60. The molecule has 0 aliphatic heterocycles. The van der Waals surface area contributed by atoms with Gasteiger partial charge in [-0.05, 0) is 34.7 Å². The Kier molecular flexibility index (Phi) is 5.60. The number of aromatic nitrogens is 4. The van der Waals surface area contributed by atoms with Gasteiger partial charge in [-0.3, -0.25) is 9.48 Å². The number of carbonyl (C=O) groups is 1. The average Bonchev–Trinajstić information content (AvgIpc) is 3.02. The Morgan fingerprint density at radius 2 is 2.17 bits per heavy atom. The minimum absolute atomic E-state index is 0.0557. The molecule has 24 heavy (non-hydrogen) atoms. The summed E-state index contributed by atoms with van der Waals surface area (Å²) in [6.45, 7) is 4.44. The van der Waals surface area contributed by atoms with Crippen LogP contribution >= 0.6 is 27.5 Å². The zero-order valence-electron chi connectivity index (χ0n) is 13.4. The fourth-order valence-corrected chi connectivity index (χ4v) is 2.69. The molecule has 0 aliphatic rings. The lowest BCUT2D eigenvalue weighted by molar-refractivity contribution is -0.389. The van der Waals surface area contributed by atoms with Crippen molar-refractivity contribution in [3.8, 4) is 0 Å². The Morgan fingerprint density at radius 3 is 2.67 bits per heavy atom. The van der Waals surface area contributed by atoms with Crippen molar-refractivity contribution >= 4 is 39.3 Å². The molecule has 2 aromatic rings. The number of halogens is 2. The first-order valence-electron chi connectivity index (χ1n) is 7.07. The largest absolute Gasteiger partial charge is 0.408 e. The molecule has 0 atom stereocenters. The van der Waals surface area contributed by atoms with Crippen molar-refractivity contribution in [1.29, 1.82) is 0 Å². The van der Waals surface area contributed by atoms with Crippen LogP contribution in [0.1, 0.15) is 18.3 Å². The van der Waals surface area contributed by atoms with Crippen molar-refractivity contribution in [3.63, 3.8) is 0 Å². The van der Waals surface area contributed by atoms with Gasteiger partial charge >= 0.3 is 5.82 Å². The number of nitrogens with zero attached hydrogens (tertiary/aromatic N) is 6. The van der Waals surface area contributed by atoms with Crippen LogP contribution in [0.4, 0.5) is 5.82 Å². The number of hydrogen-bond donors (Lipinski definition) is 0. The van der Waals surface area contributed by atoms with E-state index in [2.05, 4.69) is 26.1 Å². The SMILES string of the molecule is CCn1cc(Br)c(CN(C)C(=O)Cn2nc([N+](=O)[O-])c(Cl)c2C)n1. The fourth-order valence-electron chi connectivity index (χ4n) is 2.05. The van der Waals surface area contributed by atoms with Gasteiger partial charge in [-0.1, -0.05) is 11.6 Å². The second-order valence-electron chi connectivity index (χ2n) is 5.17. The van der Waals surface area contributed by atoms with Crippen LogP contribution in [0.3, 0.4) is 0 Å². The van der Waals surface area contributed by atoms with Gasteiger partial charge in [0.1, 0.15) is 6.54 Å². The van der Waals surface area contributed by atoms with Crippen LogP contribution in [0.15, 0.2) is 10.7 Å². The number of amides is 1. The van der Waals surface area contributed by atoms with E-state index < -0.39 is 10.7 Å². The summed E-state index contributed by atoms with van der Waals surface area (Å²) in [4.78, 5) is 24.0. The lowest BCUT2D eigenvalue weighted by Gasteiger charge is -2.15. The Balaban J connectivity index is 2.10. The van der Waals surface area contributed by atoms with E-state index in [1.54, 1.807) is 18.7 Å². The summed E-state index contributed by atoms with van der Waals surface area (Å²) >= 11 is 9.28. The molecule has 130 valence electrons. The molecule has 0 saturated carbocycles. The Labute approximate surface area is 151 Å². The average molecular weight is 420 g/mol. The molecule has 2 rings (SSSR count). The molecule has 0 aromatic carbocycles. The highest BCUT2D eigenvalue weighted by molar-refractivity contribution is 9.10. The monoisotopic (exact) mass is 418 g/mol. The molecule has 0 saturated heterocycles. The van der Waals surface area contributed by atoms with Gasteiger partial charge in [0.05, 0.1) is 27.5 Å². The number of aryl methyl sites for hydroxylation is 1. The molecule has 0 radical (unpaired) electrons. The van der Waals surface area contributed by atoms with E-state index >= 15 is 0 Å². The van der Waals surface area contributed by atoms with Crippen LogP contribution in [0.5, 0.6) is 0 Å². The van der Waals surface area contributed by atoms with E-state index in [-0.39, 0.29) is 17.5 Å². The minimum atomic E-state index is -0.672. The van der Waals surface area contributed by atoms with E-state index in [1.165, 1.54) is 9.58 Å². The maximum absolute atomic E-state index is 12.3. The zero-order chi connectivity index (χ0) is 18.0. The van der Waals surface area contributed by atoms with Crippen molar-refractivity contribution in [3.05, 3.63) is 37.2 Å². The van der Waals surface area contributed by atoms with E-state index in [0.717, 1.165) is 16.7 Å². The highest BCUT2D eigenvalue weighted by Crippen LogP contribution is 2.26. The molecular formula is C13H16BrClN6O3. The van der Waals surface area contributed by atoms with E-state index in [4.69, 9.17) is 11.6 Å². The molecule has 0 bridgehead atoms. The summed E-state index contributed by atoms with van der Waals surface area (Å²) in [6.07, 6.45) is 1.84. The molecule has 0 fully saturated rings. The van der Waals surface area contributed by atoms with Crippen molar-refractivity contribution < 1.29 is 9.72 Å². The van der Waals surface area contributed by atoms with Crippen LogP contribution in [-0.2, 0) is 24.4 Å². The van der Waals surface area contributed by atoms with E-state index in [0.29, 0.717) is 12.2 Å². The smallest absolute Gasteiger partial charge is 0.358 e. The normalized spacial score (nSPS) is 10.9. The van der Waals surface area contributed by atoms with Gasteiger partial charge in [0, 0.05) is 19.8 Å². The van der Waals surface area contributed by atoms with Gasteiger partial charge in [-0.25, -0.2) is 0 Å². The first-order chi connectivity index (χ1) is 11.2. The van der Waals surface area contributed by atoms with Crippen LogP contribution in [0.25, 0.3) is 0 Å². The molecule has 2 heterocycles. The lowest BCUT2D eigenvalue weighted by Crippen LogP contribution is -2.30. The summed E-state index contributed by atoms with van der Waals surface area (Å²) in [5.41, 5.74) is 1.11. The van der Waals surface area contributed by atoms with Gasteiger partial charge < -0.3 is 15.0 Å². The van der Waals surface area contributed by atoms with Crippen molar-refractivity contribution in [2.45, 2.75) is 33.5 Å². The molecule has 1 amide bonds. The van der Waals surface area contributed by atoms with Crippen LogP contribution in [0.2, 0.25) is 5.02 Å². The number of likely N-dealkylation sites (N-methyl/N-ethyl adjacent to an activating group) is 1. The fraction of sp³-hybridized carbons (Fsp3) is 0.462. The summed E-state index contributed by atoms with van der Waals surface area (Å²) in [5.74, 6) is -0.709. The topological polar surface area (TPSA) is 99.1 Å². The number of carbonyl (C=O) groups excluding carboxylic acids is 1. The number of rotatable bonds is 6. The number of hydrogen-bond acceptors (Lipinski definition) is 5. The summed E-state index contributed by atoms with van der Waals surface area (Å²) in [5, 5.41) is 18.9. The van der Waals surface area contributed by atoms with Crippen LogP contribution in [-0.4, -0.2) is 42.3 Å². The molecule has 9 nitrogen and oxygen atoms in total. The van der Waals surface area contributed by atoms with Crippen molar-refractivity contribution in [2.75, 3.05) is 7.05 Å².